The SMILES string of the molecule is CC1=NN(CC(=O)C2=CC=CC2)C(=O)C1(C)C1CCCCC1.CC1=NN(CC(=O)c2ccccn2)C(=O)C1(C)C1CCCCC1.CC1=NN(CC(=O)c2cccnc2)C(=O)C1(C)C1CCCCC1.CC1=NN(CC(=O)c2cccs2)C(=O)C1(C)C1CCCCC1.CC1=NN(CC(=O)c2ccsc2)C(=O)[C@@]1(C)C1CCCCC1.CC1=NN(CC(=O)c2ccsc2)C(=O)[C@]1(C)C1CCCCC1. The molecule has 6 saturated carbocycles. The Morgan fingerprint density at radius 2 is 0.634 bits per heavy atom. The van der Waals surface area contributed by atoms with E-state index in [1.165, 1.54) is 186 Å². The molecule has 6 atom stereocenters. The van der Waals surface area contributed by atoms with E-state index in [9.17, 15) is 57.5 Å². The molecule has 6 fully saturated rings. The highest BCUT2D eigenvalue weighted by atomic mass is 32.1. The molecule has 0 spiro atoms. The van der Waals surface area contributed by atoms with Crippen molar-refractivity contribution in [3.8, 4) is 0 Å². The Morgan fingerprint density at radius 1 is 0.328 bits per heavy atom. The number of aromatic nitrogens is 2. The minimum Gasteiger partial charge on any atom is -0.292 e. The number of hydrazone groups is 6. The van der Waals surface area contributed by atoms with Crippen LogP contribution in [-0.2, 0) is 33.6 Å². The number of ketones is 6. The van der Waals surface area contributed by atoms with E-state index in [4.69, 9.17) is 0 Å². The molecule has 5 aromatic heterocycles. The molecule has 4 unspecified atom stereocenters. The fourth-order valence-corrected chi connectivity index (χ4v) is 24.4. The number of hydrogen-bond acceptors (Lipinski definition) is 23. The van der Waals surface area contributed by atoms with Gasteiger partial charge in [0.05, 0.1) is 71.6 Å². The summed E-state index contributed by atoms with van der Waals surface area (Å²) < 4.78 is 0. The number of carbonyl (C=O) groups is 12. The summed E-state index contributed by atoms with van der Waals surface area (Å²) in [7, 11) is 0. The first-order chi connectivity index (χ1) is 64.2. The summed E-state index contributed by atoms with van der Waals surface area (Å²) in [6, 6.07) is 15.9. The number of thiophene rings is 3. The van der Waals surface area contributed by atoms with E-state index in [2.05, 4.69) is 40.6 Å². The van der Waals surface area contributed by atoms with Crippen molar-refractivity contribution < 1.29 is 57.5 Å². The van der Waals surface area contributed by atoms with Gasteiger partial charge in [-0.1, -0.05) is 146 Å². The maximum Gasteiger partial charge on any atom is 0.255 e. The molecule has 6 aliphatic heterocycles. The summed E-state index contributed by atoms with van der Waals surface area (Å²) in [5, 5.41) is 44.1. The van der Waals surface area contributed by atoms with Crippen LogP contribution >= 0.6 is 34.0 Å². The van der Waals surface area contributed by atoms with E-state index < -0.39 is 32.5 Å². The molecule has 26 nitrogen and oxygen atoms in total. The van der Waals surface area contributed by atoms with Gasteiger partial charge in [0, 0.05) is 51.6 Å². The summed E-state index contributed by atoms with van der Waals surface area (Å²) in [5.41, 5.74) is 4.96. The van der Waals surface area contributed by atoms with Gasteiger partial charge in [0.15, 0.2) is 28.9 Å². The maximum atomic E-state index is 12.9. The first kappa shape index (κ1) is 101. The molecule has 0 N–H and O–H groups in total. The second-order valence-electron chi connectivity index (χ2n) is 39.8. The van der Waals surface area contributed by atoms with E-state index in [0.29, 0.717) is 69.2 Å². The summed E-state index contributed by atoms with van der Waals surface area (Å²) in [6.07, 6.45) is 45.8. The zero-order valence-electron chi connectivity index (χ0n) is 80.6. The second-order valence-corrected chi connectivity index (χ2v) is 42.3. The van der Waals surface area contributed by atoms with Crippen molar-refractivity contribution in [1.82, 2.24) is 40.0 Å². The smallest absolute Gasteiger partial charge is 0.255 e. The number of nitrogens with zero attached hydrogens (tertiary/aromatic N) is 14. The normalized spacial score (nSPS) is 26.5. The van der Waals surface area contributed by atoms with Gasteiger partial charge in [0.2, 0.25) is 5.78 Å². The molecule has 0 aromatic carbocycles. The molecule has 18 rings (SSSR count). The first-order valence-electron chi connectivity index (χ1n) is 48.9. The minimum atomic E-state index is -0.551. The number of rotatable bonds is 24. The molecule has 29 heteroatoms. The van der Waals surface area contributed by atoms with Crippen LogP contribution in [0, 0.1) is 68.0 Å². The Morgan fingerprint density at radius 3 is 0.896 bits per heavy atom. The van der Waals surface area contributed by atoms with Crippen molar-refractivity contribution in [2.45, 2.75) is 282 Å². The average molecular weight is 1880 g/mol. The fourth-order valence-electron chi connectivity index (χ4n) is 22.4. The molecule has 0 radical (unpaired) electrons. The van der Waals surface area contributed by atoms with Gasteiger partial charge in [-0.2, -0.15) is 53.3 Å². The van der Waals surface area contributed by atoms with Gasteiger partial charge >= 0.3 is 0 Å². The van der Waals surface area contributed by atoms with Crippen molar-refractivity contribution in [3.05, 3.63) is 151 Å². The van der Waals surface area contributed by atoms with E-state index in [1.54, 1.807) is 60.9 Å². The van der Waals surface area contributed by atoms with E-state index in [1.807, 2.05) is 134 Å². The van der Waals surface area contributed by atoms with Gasteiger partial charge in [0.1, 0.15) is 45.0 Å². The first-order valence-corrected chi connectivity index (χ1v) is 51.7. The fraction of sp³-hybridized carbons (Fsp3) is 0.581. The van der Waals surface area contributed by atoms with Crippen molar-refractivity contribution in [2.24, 2.45) is 98.6 Å². The Kier molecular flexibility index (Phi) is 33.7. The number of Topliss-reactive ketones (excluding diaryl/α,β-unsaturated/α-hetero) is 6. The van der Waals surface area contributed by atoms with Crippen LogP contribution in [0.3, 0.4) is 0 Å². The van der Waals surface area contributed by atoms with E-state index >= 15 is 0 Å². The zero-order valence-corrected chi connectivity index (χ0v) is 83.0. The van der Waals surface area contributed by atoms with Crippen LogP contribution in [0.5, 0.6) is 0 Å². The summed E-state index contributed by atoms with van der Waals surface area (Å²) in [4.78, 5) is 160. The van der Waals surface area contributed by atoms with Crippen LogP contribution in [0.15, 0.2) is 154 Å². The maximum absolute atomic E-state index is 12.9. The summed E-state index contributed by atoms with van der Waals surface area (Å²) >= 11 is 4.39. The Hall–Kier alpha value is -10.3. The Balaban J connectivity index is 0.000000136. The molecule has 11 heterocycles. The monoisotopic (exact) mass is 1880 g/mol. The van der Waals surface area contributed by atoms with Crippen LogP contribution in [0.2, 0.25) is 0 Å². The van der Waals surface area contributed by atoms with Crippen molar-refractivity contribution in [1.29, 1.82) is 0 Å². The highest BCUT2D eigenvalue weighted by molar-refractivity contribution is 7.12. The minimum absolute atomic E-state index is 0.000444. The van der Waals surface area contributed by atoms with Gasteiger partial charge in [0.25, 0.3) is 35.4 Å². The topological polar surface area (TPSA) is 324 Å². The molecule has 716 valence electrons. The van der Waals surface area contributed by atoms with Crippen LogP contribution in [0.25, 0.3) is 0 Å². The predicted octanol–water partition coefficient (Wildman–Crippen LogP) is 20.6. The third-order valence-corrected chi connectivity index (χ3v) is 34.3. The molecule has 134 heavy (non-hydrogen) atoms. The molecule has 0 bridgehead atoms. The molecular formula is C105H136N14O12S3. The lowest BCUT2D eigenvalue weighted by Gasteiger charge is -2.35. The summed E-state index contributed by atoms with van der Waals surface area (Å²) in [6.45, 7) is 23.8. The standard InChI is InChI=1S/2C18H23N3O2.C18H24N2O2.3C17H22N2O2S/c1-13-18(2,15-8-4-3-5-9-15)17(23)21(20-13)12-16(22)14-7-6-10-19-11-14;1-13-18(2,14-8-4-3-5-9-14)17(23)21(20-13)12-16(22)15-10-6-7-11-19-15;1-13-18(2,15-10-4-3-5-11-15)17(22)20(19-13)12-16(21)14-8-6-7-9-14;1-12-17(2,13-7-4-3-5-8-13)16(21)19(18-12)11-14(20)15-9-6-10-22-15;2*1-12-17(2,14-6-4-3-5-7-14)16(21)19(18-12)10-15(20)13-8-9-22-11-13/h6-7,10-11,15H,3-5,8-9,12H2,1-2H3;6-7,10-11,14H,3-5,8-9,12H2,1-2H3;6-8,15H,3-5,9-12H2,1-2H3;6,9-10,13H,3-5,7-8,11H2,1-2H3;2*8-9,11,14H,3-7,10H2,1-2H3/t;;;;2*17-/m....10/s1. The van der Waals surface area contributed by atoms with Crippen molar-refractivity contribution in [3.63, 3.8) is 0 Å². The lowest BCUT2D eigenvalue weighted by molar-refractivity contribution is -0.140. The molecule has 13 aliphatic rings. The Labute approximate surface area is 802 Å². The predicted molar refractivity (Wildman–Crippen MR) is 527 cm³/mol. The van der Waals surface area contributed by atoms with Crippen LogP contribution in [0.4, 0.5) is 0 Å². The van der Waals surface area contributed by atoms with Gasteiger partial charge < -0.3 is 0 Å². The molecule has 5 aromatic rings. The third kappa shape index (κ3) is 21.7. The van der Waals surface area contributed by atoms with Crippen LogP contribution < -0.4 is 0 Å². The number of hydrogen-bond donors (Lipinski definition) is 0. The lowest BCUT2D eigenvalue weighted by Crippen LogP contribution is -2.44. The zero-order chi connectivity index (χ0) is 95.9. The largest absolute Gasteiger partial charge is 0.292 e. The summed E-state index contributed by atoms with van der Waals surface area (Å²) in [5.74, 6) is 1.65. The quantitative estimate of drug-likeness (QED) is 0.0519. The van der Waals surface area contributed by atoms with Gasteiger partial charge in [-0.05, 0) is 261 Å². The van der Waals surface area contributed by atoms with Gasteiger partial charge in [-0.15, -0.1) is 11.3 Å². The van der Waals surface area contributed by atoms with E-state index in [-0.39, 0.29) is 109 Å². The highest BCUT2D eigenvalue weighted by Crippen LogP contribution is 2.51. The second kappa shape index (κ2) is 44.7. The van der Waals surface area contributed by atoms with Crippen molar-refractivity contribution in [2.75, 3.05) is 39.3 Å². The molecular weight excluding hydrogens is 1750 g/mol. The molecule has 7 aliphatic carbocycles. The van der Waals surface area contributed by atoms with Crippen LogP contribution in [0.1, 0.15) is 333 Å². The number of pyridine rings is 2. The number of carbonyl (C=O) groups excluding carboxylic acids is 12. The molecule has 6 amide bonds. The highest BCUT2D eigenvalue weighted by Gasteiger charge is 2.57. The van der Waals surface area contributed by atoms with Crippen molar-refractivity contribution >= 4 is 138 Å². The third-order valence-electron chi connectivity index (χ3n) is 32.0. The lowest BCUT2D eigenvalue weighted by atomic mass is 9.67. The van der Waals surface area contributed by atoms with E-state index in [0.717, 1.165) is 117 Å². The average Bonchev–Trinajstić information content (AvgIpc) is 1.64. The van der Waals surface area contributed by atoms with Gasteiger partial charge in [-0.25, -0.2) is 30.1 Å². The number of amides is 6. The number of allylic oxidation sites excluding steroid dienone is 3. The van der Waals surface area contributed by atoms with Gasteiger partial charge in [-0.3, -0.25) is 67.5 Å². The van der Waals surface area contributed by atoms with Crippen LogP contribution in [-0.4, -0.2) is 184 Å². The Bertz CT molecular complexity index is 4990. The molecule has 0 saturated heterocycles.